The number of hydrogen-bond donors (Lipinski definition) is 0. The van der Waals surface area contributed by atoms with Crippen molar-refractivity contribution in [2.24, 2.45) is 0 Å². The van der Waals surface area contributed by atoms with E-state index in [9.17, 15) is 9.59 Å². The number of ketones is 1. The van der Waals surface area contributed by atoms with Crippen LogP contribution in [0.25, 0.3) is 6.08 Å². The zero-order valence-electron chi connectivity index (χ0n) is 13.2. The van der Waals surface area contributed by atoms with Gasteiger partial charge in [-0.15, -0.1) is 11.6 Å². The Labute approximate surface area is 144 Å². The van der Waals surface area contributed by atoms with Gasteiger partial charge in [-0.25, -0.2) is 0 Å². The van der Waals surface area contributed by atoms with Gasteiger partial charge in [0.1, 0.15) is 16.9 Å². The van der Waals surface area contributed by atoms with E-state index in [4.69, 9.17) is 21.1 Å². The Bertz CT molecular complexity index is 852. The van der Waals surface area contributed by atoms with E-state index in [0.29, 0.717) is 11.3 Å². The van der Waals surface area contributed by atoms with Gasteiger partial charge in [-0.05, 0) is 43.2 Å². The lowest BCUT2D eigenvalue weighted by Gasteiger charge is -2.06. The topological polar surface area (TPSA) is 52.6 Å². The first kappa shape index (κ1) is 16.3. The number of halogens is 1. The van der Waals surface area contributed by atoms with Gasteiger partial charge in [-0.2, -0.15) is 0 Å². The van der Waals surface area contributed by atoms with E-state index in [1.165, 1.54) is 13.0 Å². The number of aryl methyl sites for hydroxylation is 1. The zero-order chi connectivity index (χ0) is 17.3. The monoisotopic (exact) mass is 342 g/mol. The van der Waals surface area contributed by atoms with E-state index >= 15 is 0 Å². The van der Waals surface area contributed by atoms with Crippen molar-refractivity contribution in [3.8, 4) is 11.5 Å². The maximum Gasteiger partial charge on any atom is 0.329 e. The number of allylic oxidation sites excluding steroid dienone is 1. The second-order valence-electron chi connectivity index (χ2n) is 5.49. The van der Waals surface area contributed by atoms with E-state index in [1.807, 2.05) is 31.2 Å². The molecular formula is C19H15ClO4. The average Bonchev–Trinajstić information content (AvgIpc) is 2.85. The number of esters is 1. The largest absolute Gasteiger partial charge is 0.452 e. The number of alkyl halides is 1. The third-order valence-corrected chi connectivity index (χ3v) is 3.84. The molecule has 24 heavy (non-hydrogen) atoms. The van der Waals surface area contributed by atoms with Crippen LogP contribution in [0.5, 0.6) is 11.5 Å². The first-order valence-corrected chi connectivity index (χ1v) is 7.89. The van der Waals surface area contributed by atoms with Crippen molar-refractivity contribution in [2.45, 2.75) is 19.2 Å². The second kappa shape index (κ2) is 6.49. The van der Waals surface area contributed by atoms with Gasteiger partial charge in [0.2, 0.25) is 5.78 Å². The summed E-state index contributed by atoms with van der Waals surface area (Å²) >= 11 is 5.68. The average molecular weight is 343 g/mol. The number of carbonyl (C=O) groups is 2. The maximum absolute atomic E-state index is 12.4. The summed E-state index contributed by atoms with van der Waals surface area (Å²) in [6.07, 6.45) is 1.71. The molecule has 3 rings (SSSR count). The Morgan fingerprint density at radius 3 is 2.71 bits per heavy atom. The van der Waals surface area contributed by atoms with Crippen LogP contribution in [0.2, 0.25) is 0 Å². The van der Waals surface area contributed by atoms with Crippen LogP contribution in [-0.4, -0.2) is 17.1 Å². The molecule has 0 saturated heterocycles. The zero-order valence-corrected chi connectivity index (χ0v) is 14.0. The van der Waals surface area contributed by atoms with E-state index in [0.717, 1.165) is 11.1 Å². The number of ether oxygens (including phenoxy) is 2. The number of hydrogen-bond acceptors (Lipinski definition) is 4. The minimum Gasteiger partial charge on any atom is -0.452 e. The van der Waals surface area contributed by atoms with Crippen molar-refractivity contribution in [3.05, 3.63) is 64.9 Å². The lowest BCUT2D eigenvalue weighted by Crippen LogP contribution is -2.17. The highest BCUT2D eigenvalue weighted by molar-refractivity contribution is 6.29. The van der Waals surface area contributed by atoms with Crippen LogP contribution in [0.3, 0.4) is 0 Å². The van der Waals surface area contributed by atoms with Crippen molar-refractivity contribution in [1.82, 2.24) is 0 Å². The van der Waals surface area contributed by atoms with Crippen LogP contribution in [0.4, 0.5) is 0 Å². The van der Waals surface area contributed by atoms with E-state index < -0.39 is 11.3 Å². The summed E-state index contributed by atoms with van der Waals surface area (Å²) in [5.74, 6) is 0.144. The van der Waals surface area contributed by atoms with E-state index in [2.05, 4.69) is 0 Å². The van der Waals surface area contributed by atoms with Gasteiger partial charge in [0, 0.05) is 6.07 Å². The lowest BCUT2D eigenvalue weighted by atomic mass is 10.1. The molecule has 1 heterocycles. The van der Waals surface area contributed by atoms with E-state index in [-0.39, 0.29) is 17.3 Å². The standard InChI is InChI=1S/C19H15ClO4/c1-11-5-3-4-6-13(11)9-17-18(21)15-8-7-14(10-16(15)24-17)23-19(22)12(2)20/h3-10,12H,1-2H3/b17-9-. The first-order chi connectivity index (χ1) is 11.5. The number of benzene rings is 2. The van der Waals surface area contributed by atoms with Gasteiger partial charge < -0.3 is 9.47 Å². The summed E-state index contributed by atoms with van der Waals surface area (Å²) in [6.45, 7) is 3.49. The molecule has 122 valence electrons. The van der Waals surface area contributed by atoms with Gasteiger partial charge >= 0.3 is 5.97 Å². The van der Waals surface area contributed by atoms with Gasteiger partial charge in [-0.3, -0.25) is 9.59 Å². The summed E-state index contributed by atoms with van der Waals surface area (Å²) in [7, 11) is 0. The predicted octanol–water partition coefficient (Wildman–Crippen LogP) is 4.14. The number of Topliss-reactive ketones (excluding diaryl/α,β-unsaturated/α-hetero) is 1. The quantitative estimate of drug-likeness (QED) is 0.364. The lowest BCUT2D eigenvalue weighted by molar-refractivity contribution is -0.133. The van der Waals surface area contributed by atoms with Crippen LogP contribution >= 0.6 is 11.6 Å². The van der Waals surface area contributed by atoms with Crippen molar-refractivity contribution >= 4 is 29.4 Å². The minimum absolute atomic E-state index is 0.197. The molecule has 0 amide bonds. The fourth-order valence-corrected chi connectivity index (χ4v) is 2.36. The molecule has 1 unspecified atom stereocenters. The summed E-state index contributed by atoms with van der Waals surface area (Å²) < 4.78 is 10.8. The second-order valence-corrected chi connectivity index (χ2v) is 6.15. The summed E-state index contributed by atoms with van der Waals surface area (Å²) in [5.41, 5.74) is 2.40. The normalized spacial score (nSPS) is 15.8. The Balaban J connectivity index is 1.88. The molecule has 2 aromatic carbocycles. The number of rotatable bonds is 3. The molecular weight excluding hydrogens is 328 g/mol. The Morgan fingerprint density at radius 1 is 1.25 bits per heavy atom. The molecule has 0 fully saturated rings. The highest BCUT2D eigenvalue weighted by Gasteiger charge is 2.28. The Kier molecular flexibility index (Phi) is 4.40. The van der Waals surface area contributed by atoms with Crippen molar-refractivity contribution in [1.29, 1.82) is 0 Å². The van der Waals surface area contributed by atoms with Gasteiger partial charge in [0.25, 0.3) is 0 Å². The van der Waals surface area contributed by atoms with Crippen molar-refractivity contribution in [2.75, 3.05) is 0 Å². The highest BCUT2D eigenvalue weighted by atomic mass is 35.5. The number of fused-ring (bicyclic) bond motifs is 1. The predicted molar refractivity (Wildman–Crippen MR) is 91.5 cm³/mol. The molecule has 0 aromatic heterocycles. The third-order valence-electron chi connectivity index (χ3n) is 3.66. The fraction of sp³-hybridized carbons (Fsp3) is 0.158. The molecule has 2 aromatic rings. The fourth-order valence-electron chi connectivity index (χ4n) is 2.32. The molecule has 1 aliphatic heterocycles. The van der Waals surface area contributed by atoms with Gasteiger partial charge in [-0.1, -0.05) is 24.3 Å². The molecule has 0 spiro atoms. The van der Waals surface area contributed by atoms with Crippen LogP contribution in [0.1, 0.15) is 28.4 Å². The third kappa shape index (κ3) is 3.19. The Morgan fingerprint density at radius 2 is 2.00 bits per heavy atom. The first-order valence-electron chi connectivity index (χ1n) is 7.45. The summed E-state index contributed by atoms with van der Waals surface area (Å²) in [6, 6.07) is 12.4. The van der Waals surface area contributed by atoms with Gasteiger partial charge in [0.05, 0.1) is 5.56 Å². The molecule has 4 nitrogen and oxygen atoms in total. The van der Waals surface area contributed by atoms with Crippen LogP contribution < -0.4 is 9.47 Å². The summed E-state index contributed by atoms with van der Waals surface area (Å²) in [4.78, 5) is 24.0. The molecule has 0 saturated carbocycles. The van der Waals surface area contributed by atoms with Crippen molar-refractivity contribution in [3.63, 3.8) is 0 Å². The number of carbonyl (C=O) groups excluding carboxylic acids is 2. The van der Waals surface area contributed by atoms with Crippen molar-refractivity contribution < 1.29 is 19.1 Å². The van der Waals surface area contributed by atoms with Gasteiger partial charge in [0.15, 0.2) is 5.76 Å². The van der Waals surface area contributed by atoms with Crippen LogP contribution in [0.15, 0.2) is 48.2 Å². The summed E-state index contributed by atoms with van der Waals surface area (Å²) in [5, 5.41) is -0.752. The Hall–Kier alpha value is -2.59. The molecule has 5 heteroatoms. The maximum atomic E-state index is 12.4. The van der Waals surface area contributed by atoms with Crippen LogP contribution in [-0.2, 0) is 4.79 Å². The molecule has 0 radical (unpaired) electrons. The highest BCUT2D eigenvalue weighted by Crippen LogP contribution is 2.35. The SMILES string of the molecule is Cc1ccccc1/C=C1\Oc2cc(OC(=O)C(C)Cl)ccc2C1=O. The smallest absolute Gasteiger partial charge is 0.329 e. The molecule has 0 N–H and O–H groups in total. The molecule has 1 aliphatic rings. The van der Waals surface area contributed by atoms with E-state index in [1.54, 1.807) is 18.2 Å². The molecule has 0 aliphatic carbocycles. The van der Waals surface area contributed by atoms with Crippen LogP contribution in [0, 0.1) is 6.92 Å². The molecule has 1 atom stereocenters. The molecule has 0 bridgehead atoms. The minimum atomic E-state index is -0.752.